The quantitative estimate of drug-likeness (QED) is 0.802. The summed E-state index contributed by atoms with van der Waals surface area (Å²) in [6.07, 6.45) is 7.29. The lowest BCUT2D eigenvalue weighted by Crippen LogP contribution is -2.41. The molecule has 5 nitrogen and oxygen atoms in total. The molecule has 0 unspecified atom stereocenters. The van der Waals surface area contributed by atoms with E-state index in [9.17, 15) is 9.59 Å². The first-order chi connectivity index (χ1) is 11.6. The molecule has 0 spiro atoms. The number of likely N-dealkylation sites (N-methyl/N-ethyl adjacent to an activating group) is 1. The van der Waals surface area contributed by atoms with Gasteiger partial charge in [0.05, 0.1) is 6.54 Å². The van der Waals surface area contributed by atoms with Crippen LogP contribution in [0, 0.1) is 0 Å². The van der Waals surface area contributed by atoms with Crippen LogP contribution in [-0.2, 0) is 9.59 Å². The highest BCUT2D eigenvalue weighted by molar-refractivity contribution is 5.91. The number of rotatable bonds is 7. The molecule has 1 aliphatic carbocycles. The third-order valence-corrected chi connectivity index (χ3v) is 4.58. The molecule has 1 fully saturated rings. The maximum Gasteiger partial charge on any atom is 0.241 e. The van der Waals surface area contributed by atoms with E-state index in [1.54, 1.807) is 0 Å². The monoisotopic (exact) mass is 331 g/mol. The van der Waals surface area contributed by atoms with Crippen molar-refractivity contribution in [2.75, 3.05) is 24.2 Å². The van der Waals surface area contributed by atoms with Gasteiger partial charge in [-0.2, -0.15) is 0 Å². The zero-order valence-corrected chi connectivity index (χ0v) is 14.8. The summed E-state index contributed by atoms with van der Waals surface area (Å²) in [7, 11) is 1.90. The molecule has 0 saturated heterocycles. The number of benzene rings is 1. The largest absolute Gasteiger partial charge is 0.376 e. The third kappa shape index (κ3) is 5.55. The van der Waals surface area contributed by atoms with Crippen molar-refractivity contribution in [3.8, 4) is 0 Å². The Bertz CT molecular complexity index is 553. The van der Waals surface area contributed by atoms with Gasteiger partial charge in [0.2, 0.25) is 11.8 Å². The number of hydrogen-bond donors (Lipinski definition) is 2. The molecule has 0 aromatic heterocycles. The average molecular weight is 331 g/mol. The van der Waals surface area contributed by atoms with Gasteiger partial charge in [0.15, 0.2) is 0 Å². The molecule has 1 saturated carbocycles. The smallest absolute Gasteiger partial charge is 0.241 e. The molecule has 2 rings (SSSR count). The van der Waals surface area contributed by atoms with E-state index in [2.05, 4.69) is 10.6 Å². The van der Waals surface area contributed by atoms with Crippen LogP contribution in [0.3, 0.4) is 0 Å². The molecule has 5 heteroatoms. The Morgan fingerprint density at radius 1 is 1.17 bits per heavy atom. The van der Waals surface area contributed by atoms with Gasteiger partial charge in [0.1, 0.15) is 0 Å². The van der Waals surface area contributed by atoms with E-state index < -0.39 is 0 Å². The molecule has 0 bridgehead atoms. The van der Waals surface area contributed by atoms with E-state index >= 15 is 0 Å². The summed E-state index contributed by atoms with van der Waals surface area (Å²) in [5.74, 6) is 0.130. The first-order valence-electron chi connectivity index (χ1n) is 8.99. The second kappa shape index (κ2) is 9.30. The number of carbonyl (C=O) groups excluding carboxylic acids is 2. The van der Waals surface area contributed by atoms with E-state index in [4.69, 9.17) is 0 Å². The molecule has 1 aromatic carbocycles. The predicted octanol–water partition coefficient (Wildman–Crippen LogP) is 3.63. The molecule has 2 amide bonds. The van der Waals surface area contributed by atoms with Crippen molar-refractivity contribution in [2.24, 2.45) is 0 Å². The van der Waals surface area contributed by atoms with Gasteiger partial charge in [-0.3, -0.25) is 9.59 Å². The van der Waals surface area contributed by atoms with Crippen LogP contribution in [0.15, 0.2) is 24.3 Å². The van der Waals surface area contributed by atoms with Gasteiger partial charge < -0.3 is 15.5 Å². The van der Waals surface area contributed by atoms with Crippen LogP contribution in [0.4, 0.5) is 11.4 Å². The Labute approximate surface area is 144 Å². The highest BCUT2D eigenvalue weighted by atomic mass is 16.2. The van der Waals surface area contributed by atoms with Crippen molar-refractivity contribution >= 4 is 23.2 Å². The maximum absolute atomic E-state index is 12.4. The van der Waals surface area contributed by atoms with E-state index in [0.29, 0.717) is 12.5 Å². The number of carbonyl (C=O) groups is 2. The molecule has 24 heavy (non-hydrogen) atoms. The minimum atomic E-state index is 0.0164. The van der Waals surface area contributed by atoms with E-state index in [1.807, 2.05) is 43.1 Å². The van der Waals surface area contributed by atoms with Gasteiger partial charge in [0, 0.05) is 30.9 Å². The summed E-state index contributed by atoms with van der Waals surface area (Å²) in [5, 5.41) is 6.04. The molecule has 1 aliphatic rings. The summed E-state index contributed by atoms with van der Waals surface area (Å²) in [6.45, 7) is 2.26. The molecule has 0 aliphatic heterocycles. The topological polar surface area (TPSA) is 61.4 Å². The molecule has 0 radical (unpaired) electrons. The maximum atomic E-state index is 12.4. The van der Waals surface area contributed by atoms with Gasteiger partial charge in [-0.1, -0.05) is 32.3 Å². The van der Waals surface area contributed by atoms with Crippen LogP contribution in [0.25, 0.3) is 0 Å². The number of anilines is 2. The number of amides is 2. The minimum Gasteiger partial charge on any atom is -0.376 e. The van der Waals surface area contributed by atoms with Crippen LogP contribution >= 0.6 is 0 Å². The normalized spacial score (nSPS) is 14.9. The first kappa shape index (κ1) is 18.3. The fourth-order valence-electron chi connectivity index (χ4n) is 3.13. The number of hydrogen-bond acceptors (Lipinski definition) is 3. The second-order valence-corrected chi connectivity index (χ2v) is 6.53. The van der Waals surface area contributed by atoms with Crippen molar-refractivity contribution in [3.05, 3.63) is 24.3 Å². The van der Waals surface area contributed by atoms with Crippen LogP contribution in [0.1, 0.15) is 51.9 Å². The fraction of sp³-hybridized carbons (Fsp3) is 0.579. The Morgan fingerprint density at radius 2 is 1.88 bits per heavy atom. The Hall–Kier alpha value is -2.04. The molecular weight excluding hydrogens is 302 g/mol. The highest BCUT2D eigenvalue weighted by Gasteiger charge is 2.21. The van der Waals surface area contributed by atoms with Crippen LogP contribution in [0.5, 0.6) is 0 Å². The Balaban J connectivity index is 1.84. The van der Waals surface area contributed by atoms with Crippen molar-refractivity contribution in [3.63, 3.8) is 0 Å². The lowest BCUT2D eigenvalue weighted by Gasteiger charge is -2.31. The van der Waals surface area contributed by atoms with Crippen molar-refractivity contribution in [1.29, 1.82) is 0 Å². The zero-order chi connectivity index (χ0) is 17.4. The van der Waals surface area contributed by atoms with Crippen molar-refractivity contribution in [2.45, 2.75) is 57.9 Å². The average Bonchev–Trinajstić information content (AvgIpc) is 2.60. The van der Waals surface area contributed by atoms with Crippen LogP contribution in [-0.4, -0.2) is 36.3 Å². The van der Waals surface area contributed by atoms with Gasteiger partial charge in [0.25, 0.3) is 0 Å². The first-order valence-corrected chi connectivity index (χ1v) is 8.99. The molecule has 2 N–H and O–H groups in total. The van der Waals surface area contributed by atoms with Crippen LogP contribution < -0.4 is 10.6 Å². The van der Waals surface area contributed by atoms with E-state index in [1.165, 1.54) is 19.3 Å². The Kier molecular flexibility index (Phi) is 7.09. The second-order valence-electron chi connectivity index (χ2n) is 6.53. The summed E-state index contributed by atoms with van der Waals surface area (Å²) < 4.78 is 0. The molecular formula is C19H29N3O2. The summed E-state index contributed by atoms with van der Waals surface area (Å²) >= 11 is 0. The van der Waals surface area contributed by atoms with Gasteiger partial charge >= 0.3 is 0 Å². The fourth-order valence-corrected chi connectivity index (χ4v) is 3.13. The number of nitrogens with zero attached hydrogens (tertiary/aromatic N) is 1. The SMILES string of the molecule is CCCC(=O)Nc1cccc(NCC(=O)N(C)C2CCCCC2)c1. The highest BCUT2D eigenvalue weighted by Crippen LogP contribution is 2.22. The minimum absolute atomic E-state index is 0.0164. The lowest BCUT2D eigenvalue weighted by molar-refractivity contribution is -0.130. The molecule has 0 heterocycles. The molecule has 132 valence electrons. The molecule has 0 atom stereocenters. The lowest BCUT2D eigenvalue weighted by atomic mass is 9.94. The van der Waals surface area contributed by atoms with Crippen molar-refractivity contribution in [1.82, 2.24) is 4.90 Å². The van der Waals surface area contributed by atoms with Gasteiger partial charge in [-0.05, 0) is 37.5 Å². The zero-order valence-electron chi connectivity index (χ0n) is 14.8. The summed E-state index contributed by atoms with van der Waals surface area (Å²) in [4.78, 5) is 25.9. The van der Waals surface area contributed by atoms with E-state index in [0.717, 1.165) is 30.6 Å². The summed E-state index contributed by atoms with van der Waals surface area (Å²) in [6, 6.07) is 7.88. The molecule has 1 aromatic rings. The summed E-state index contributed by atoms with van der Waals surface area (Å²) in [5.41, 5.74) is 1.60. The predicted molar refractivity (Wildman–Crippen MR) is 98.1 cm³/mol. The standard InChI is InChI=1S/C19H29N3O2/c1-3-8-18(23)21-16-10-7-9-15(13-16)20-14-19(24)22(2)17-11-5-4-6-12-17/h7,9-10,13,17,20H,3-6,8,11-12,14H2,1-2H3,(H,21,23). The van der Waals surface area contributed by atoms with Gasteiger partial charge in [-0.25, -0.2) is 0 Å². The van der Waals surface area contributed by atoms with Gasteiger partial charge in [-0.15, -0.1) is 0 Å². The van der Waals surface area contributed by atoms with Crippen molar-refractivity contribution < 1.29 is 9.59 Å². The van der Waals surface area contributed by atoms with E-state index in [-0.39, 0.29) is 18.4 Å². The third-order valence-electron chi connectivity index (χ3n) is 4.58. The van der Waals surface area contributed by atoms with Crippen LogP contribution in [0.2, 0.25) is 0 Å². The number of nitrogens with one attached hydrogen (secondary N) is 2. The Morgan fingerprint density at radius 3 is 2.58 bits per heavy atom.